The molecule has 16 heavy (non-hydrogen) atoms. The molecule has 2 aromatic rings. The van der Waals surface area contributed by atoms with E-state index < -0.39 is 4.92 Å². The molecule has 0 radical (unpaired) electrons. The summed E-state index contributed by atoms with van der Waals surface area (Å²) in [7, 11) is 0. The number of nitro groups is 1. The molecule has 4 heteroatoms. The Balaban J connectivity index is 2.78. The highest BCUT2D eigenvalue weighted by atomic mass is 16.6. The second-order valence-electron chi connectivity index (χ2n) is 3.52. The van der Waals surface area contributed by atoms with Crippen LogP contribution in [0.15, 0.2) is 36.4 Å². The van der Waals surface area contributed by atoms with E-state index in [9.17, 15) is 14.9 Å². The topological polar surface area (TPSA) is 60.2 Å². The average Bonchev–Trinajstić information content (AvgIpc) is 2.27. The maximum absolute atomic E-state index is 11.4. The van der Waals surface area contributed by atoms with Crippen molar-refractivity contribution in [1.29, 1.82) is 0 Å². The van der Waals surface area contributed by atoms with Gasteiger partial charge in [0.1, 0.15) is 0 Å². The summed E-state index contributed by atoms with van der Waals surface area (Å²) < 4.78 is 0. The number of Topliss-reactive ketones (excluding diaryl/α,β-unsaturated/α-hetero) is 1. The summed E-state index contributed by atoms with van der Waals surface area (Å²) in [4.78, 5) is 21.6. The van der Waals surface area contributed by atoms with Gasteiger partial charge in [0.15, 0.2) is 5.78 Å². The number of carbonyl (C=O) groups excluding carboxylic acids is 1. The Labute approximate surface area is 91.7 Å². The smallest absolute Gasteiger partial charge is 0.270 e. The van der Waals surface area contributed by atoms with Crippen LogP contribution in [0.25, 0.3) is 10.8 Å². The minimum atomic E-state index is -0.462. The second-order valence-corrected chi connectivity index (χ2v) is 3.52. The van der Waals surface area contributed by atoms with Crippen molar-refractivity contribution < 1.29 is 9.72 Å². The molecule has 2 aromatic carbocycles. The van der Waals surface area contributed by atoms with Crippen molar-refractivity contribution in [3.63, 3.8) is 0 Å². The van der Waals surface area contributed by atoms with Crippen LogP contribution in [0, 0.1) is 10.1 Å². The fraction of sp³-hybridized carbons (Fsp3) is 0.0833. The molecular formula is C12H9NO3. The van der Waals surface area contributed by atoms with Crippen molar-refractivity contribution >= 4 is 22.2 Å². The molecule has 2 rings (SSSR count). The van der Waals surface area contributed by atoms with Gasteiger partial charge in [-0.3, -0.25) is 14.9 Å². The highest BCUT2D eigenvalue weighted by molar-refractivity contribution is 6.07. The van der Waals surface area contributed by atoms with Crippen LogP contribution in [0.3, 0.4) is 0 Å². The lowest BCUT2D eigenvalue weighted by atomic mass is 10.0. The summed E-state index contributed by atoms with van der Waals surface area (Å²) in [5, 5.41) is 12.1. The third-order valence-electron chi connectivity index (χ3n) is 2.46. The van der Waals surface area contributed by atoms with Crippen LogP contribution in [0.1, 0.15) is 17.3 Å². The van der Waals surface area contributed by atoms with Gasteiger partial charge in [0.25, 0.3) is 5.69 Å². The van der Waals surface area contributed by atoms with Crippen molar-refractivity contribution in [1.82, 2.24) is 0 Å². The molecule has 0 fully saturated rings. The zero-order chi connectivity index (χ0) is 11.7. The summed E-state index contributed by atoms with van der Waals surface area (Å²) in [6.07, 6.45) is 0. The minimum Gasteiger partial charge on any atom is -0.294 e. The van der Waals surface area contributed by atoms with Gasteiger partial charge in [0, 0.05) is 17.7 Å². The van der Waals surface area contributed by atoms with E-state index in [-0.39, 0.29) is 11.5 Å². The first-order chi connectivity index (χ1) is 7.59. The fourth-order valence-electron chi connectivity index (χ4n) is 1.68. The van der Waals surface area contributed by atoms with E-state index in [1.165, 1.54) is 19.1 Å². The number of non-ortho nitro benzene ring substituents is 1. The molecule has 0 aliphatic rings. The largest absolute Gasteiger partial charge is 0.294 e. The number of fused-ring (bicyclic) bond motifs is 1. The number of hydrogen-bond acceptors (Lipinski definition) is 3. The number of nitro benzene ring substituents is 1. The molecule has 0 aromatic heterocycles. The Morgan fingerprint density at radius 2 is 2.00 bits per heavy atom. The maximum Gasteiger partial charge on any atom is 0.270 e. The van der Waals surface area contributed by atoms with Gasteiger partial charge in [-0.15, -0.1) is 0 Å². The minimum absolute atomic E-state index is 0.00111. The fourth-order valence-corrected chi connectivity index (χ4v) is 1.68. The van der Waals surface area contributed by atoms with Crippen molar-refractivity contribution in [3.05, 3.63) is 52.1 Å². The third-order valence-corrected chi connectivity index (χ3v) is 2.46. The predicted molar refractivity (Wildman–Crippen MR) is 60.6 cm³/mol. The zero-order valence-corrected chi connectivity index (χ0v) is 8.64. The monoisotopic (exact) mass is 215 g/mol. The molecule has 0 amide bonds. The lowest BCUT2D eigenvalue weighted by molar-refractivity contribution is -0.384. The lowest BCUT2D eigenvalue weighted by Crippen LogP contribution is -1.94. The van der Waals surface area contributed by atoms with E-state index >= 15 is 0 Å². The van der Waals surface area contributed by atoms with Crippen LogP contribution in [0.5, 0.6) is 0 Å². The van der Waals surface area contributed by atoms with E-state index in [4.69, 9.17) is 0 Å². The summed E-state index contributed by atoms with van der Waals surface area (Å²) in [6, 6.07) is 9.79. The Morgan fingerprint density at radius 3 is 2.62 bits per heavy atom. The van der Waals surface area contributed by atoms with Crippen molar-refractivity contribution in [2.24, 2.45) is 0 Å². The Kier molecular flexibility index (Phi) is 2.40. The van der Waals surface area contributed by atoms with Crippen molar-refractivity contribution in [3.8, 4) is 0 Å². The SMILES string of the molecule is CC(=O)c1cccc2ccc([N+](=O)[O-])cc12. The maximum atomic E-state index is 11.4. The molecule has 80 valence electrons. The quantitative estimate of drug-likeness (QED) is 0.439. The van der Waals surface area contributed by atoms with Crippen LogP contribution in [-0.2, 0) is 0 Å². The molecule has 0 saturated heterocycles. The molecule has 0 N–H and O–H groups in total. The van der Waals surface area contributed by atoms with E-state index in [0.717, 1.165) is 5.39 Å². The zero-order valence-electron chi connectivity index (χ0n) is 8.64. The Morgan fingerprint density at radius 1 is 1.25 bits per heavy atom. The predicted octanol–water partition coefficient (Wildman–Crippen LogP) is 2.95. The molecule has 0 atom stereocenters. The Hall–Kier alpha value is -2.23. The van der Waals surface area contributed by atoms with E-state index in [2.05, 4.69) is 0 Å². The molecule has 0 spiro atoms. The number of ketones is 1. The van der Waals surface area contributed by atoms with Crippen LogP contribution in [0.2, 0.25) is 0 Å². The van der Waals surface area contributed by atoms with Crippen LogP contribution in [-0.4, -0.2) is 10.7 Å². The second kappa shape index (κ2) is 3.73. The third kappa shape index (κ3) is 1.65. The van der Waals surface area contributed by atoms with Gasteiger partial charge in [0.05, 0.1) is 4.92 Å². The van der Waals surface area contributed by atoms with E-state index in [0.29, 0.717) is 10.9 Å². The number of carbonyl (C=O) groups is 1. The number of nitrogens with zero attached hydrogens (tertiary/aromatic N) is 1. The normalized spacial score (nSPS) is 10.3. The molecule has 0 unspecified atom stereocenters. The van der Waals surface area contributed by atoms with Gasteiger partial charge in [-0.1, -0.05) is 18.2 Å². The van der Waals surface area contributed by atoms with E-state index in [1.807, 2.05) is 6.07 Å². The van der Waals surface area contributed by atoms with Gasteiger partial charge < -0.3 is 0 Å². The summed E-state index contributed by atoms with van der Waals surface area (Å²) in [5.41, 5.74) is 0.516. The van der Waals surface area contributed by atoms with Gasteiger partial charge >= 0.3 is 0 Å². The Bertz CT molecular complexity index is 590. The standard InChI is InChI=1S/C12H9NO3/c1-8(14)11-4-2-3-9-5-6-10(13(15)16)7-12(9)11/h2-7H,1H3. The van der Waals surface area contributed by atoms with Gasteiger partial charge in [-0.05, 0) is 23.8 Å². The van der Waals surface area contributed by atoms with Crippen LogP contribution in [0.4, 0.5) is 5.69 Å². The number of rotatable bonds is 2. The summed E-state index contributed by atoms with van der Waals surface area (Å²) in [5.74, 6) is -0.0916. The molecule has 0 aliphatic carbocycles. The van der Waals surface area contributed by atoms with Crippen molar-refractivity contribution in [2.45, 2.75) is 6.92 Å². The first kappa shape index (κ1) is 10.3. The number of benzene rings is 2. The van der Waals surface area contributed by atoms with Crippen LogP contribution < -0.4 is 0 Å². The molecule has 4 nitrogen and oxygen atoms in total. The molecular weight excluding hydrogens is 206 g/mol. The summed E-state index contributed by atoms with van der Waals surface area (Å²) >= 11 is 0. The summed E-state index contributed by atoms with van der Waals surface area (Å²) in [6.45, 7) is 1.45. The van der Waals surface area contributed by atoms with Crippen LogP contribution >= 0.6 is 0 Å². The molecule has 0 bridgehead atoms. The van der Waals surface area contributed by atoms with Gasteiger partial charge in [0.2, 0.25) is 0 Å². The molecule has 0 aliphatic heterocycles. The van der Waals surface area contributed by atoms with E-state index in [1.54, 1.807) is 18.2 Å². The average molecular weight is 215 g/mol. The highest BCUT2D eigenvalue weighted by Gasteiger charge is 2.10. The van der Waals surface area contributed by atoms with Gasteiger partial charge in [-0.2, -0.15) is 0 Å². The first-order valence-electron chi connectivity index (χ1n) is 4.77. The van der Waals surface area contributed by atoms with Gasteiger partial charge in [-0.25, -0.2) is 0 Å². The number of hydrogen-bond donors (Lipinski definition) is 0. The van der Waals surface area contributed by atoms with Crippen molar-refractivity contribution in [2.75, 3.05) is 0 Å². The highest BCUT2D eigenvalue weighted by Crippen LogP contribution is 2.24. The first-order valence-corrected chi connectivity index (χ1v) is 4.77. The lowest BCUT2D eigenvalue weighted by Gasteiger charge is -2.02. The molecule has 0 heterocycles. The molecule has 0 saturated carbocycles.